The molecule has 0 saturated carbocycles. The van der Waals surface area contributed by atoms with Gasteiger partial charge in [-0.25, -0.2) is 4.79 Å². The van der Waals surface area contributed by atoms with Crippen molar-refractivity contribution in [1.82, 2.24) is 9.88 Å². The summed E-state index contributed by atoms with van der Waals surface area (Å²) in [5.41, 5.74) is 1.97. The number of nitrogens with zero attached hydrogens (tertiary/aromatic N) is 1. The molecule has 0 radical (unpaired) electrons. The van der Waals surface area contributed by atoms with Crippen LogP contribution in [-0.2, 0) is 17.6 Å². The van der Waals surface area contributed by atoms with Gasteiger partial charge in [0.05, 0.1) is 10.9 Å². The fourth-order valence-electron chi connectivity index (χ4n) is 3.21. The lowest BCUT2D eigenvalue weighted by Crippen LogP contribution is -2.30. The molecule has 3 aromatic rings. The first-order chi connectivity index (χ1) is 14.4. The van der Waals surface area contributed by atoms with Crippen molar-refractivity contribution in [3.63, 3.8) is 0 Å². The van der Waals surface area contributed by atoms with E-state index >= 15 is 0 Å². The second-order valence-electron chi connectivity index (χ2n) is 7.01. The number of nitrogens with one attached hydrogen (secondary N) is 1. The maximum atomic E-state index is 11.5. The van der Waals surface area contributed by atoms with Crippen molar-refractivity contribution in [2.75, 3.05) is 13.7 Å². The third kappa shape index (κ3) is 4.61. The van der Waals surface area contributed by atoms with Crippen molar-refractivity contribution in [2.24, 2.45) is 0 Å². The van der Waals surface area contributed by atoms with Gasteiger partial charge in [0.2, 0.25) is 5.88 Å². The van der Waals surface area contributed by atoms with E-state index in [4.69, 9.17) is 33.3 Å². The Kier molecular flexibility index (Phi) is 5.99. The topological polar surface area (TPSA) is 74.8 Å². The number of cyclic esters (lactones) is 1. The lowest BCUT2D eigenvalue weighted by molar-refractivity contribution is 0.163. The molecule has 9 heteroatoms. The summed E-state index contributed by atoms with van der Waals surface area (Å²) in [7, 11) is 1.75. The van der Waals surface area contributed by atoms with Crippen LogP contribution in [0.2, 0.25) is 5.02 Å². The molecule has 0 spiro atoms. The number of rotatable bonds is 6. The average molecular weight is 463 g/mol. The highest BCUT2D eigenvalue weighted by atomic mass is 35.5. The molecule has 2 aromatic carbocycles. The van der Waals surface area contributed by atoms with E-state index in [-0.39, 0.29) is 18.0 Å². The molecule has 1 aliphatic heterocycles. The van der Waals surface area contributed by atoms with Crippen molar-refractivity contribution in [2.45, 2.75) is 18.9 Å². The molecule has 6 nitrogen and oxygen atoms in total. The molecule has 1 aromatic heterocycles. The molecule has 0 aliphatic carbocycles. The molecule has 4 rings (SSSR count). The number of H-pyrrole nitrogens is 1. The first kappa shape index (κ1) is 20.7. The summed E-state index contributed by atoms with van der Waals surface area (Å²) in [5, 5.41) is 10.4. The molecular weight excluding hydrogens is 444 g/mol. The van der Waals surface area contributed by atoms with Gasteiger partial charge in [-0.2, -0.15) is 0 Å². The Morgan fingerprint density at radius 2 is 2.03 bits per heavy atom. The van der Waals surface area contributed by atoms with Crippen molar-refractivity contribution in [1.29, 1.82) is 0 Å². The van der Waals surface area contributed by atoms with Gasteiger partial charge in [-0.1, -0.05) is 29.8 Å². The van der Waals surface area contributed by atoms with Gasteiger partial charge >= 0.3 is 6.09 Å². The zero-order valence-corrected chi connectivity index (χ0v) is 18.4. The number of hydrogen-bond donors (Lipinski definition) is 2. The zero-order valence-electron chi connectivity index (χ0n) is 16.1. The average Bonchev–Trinajstić information content (AvgIpc) is 3.20. The van der Waals surface area contributed by atoms with Gasteiger partial charge in [0.15, 0.2) is 3.95 Å². The van der Waals surface area contributed by atoms with Crippen LogP contribution in [0, 0.1) is 3.95 Å². The Morgan fingerprint density at radius 3 is 2.63 bits per heavy atom. The predicted molar refractivity (Wildman–Crippen MR) is 119 cm³/mol. The molecule has 1 aliphatic rings. The number of benzene rings is 2. The smallest absolute Gasteiger partial charge is 0.409 e. The van der Waals surface area contributed by atoms with E-state index in [0.717, 1.165) is 22.4 Å². The van der Waals surface area contributed by atoms with Crippen molar-refractivity contribution in [3.05, 3.63) is 67.4 Å². The van der Waals surface area contributed by atoms with Crippen LogP contribution in [0.25, 0.3) is 0 Å². The van der Waals surface area contributed by atoms with E-state index in [0.29, 0.717) is 33.5 Å². The number of aromatic amines is 1. The van der Waals surface area contributed by atoms with Gasteiger partial charge < -0.3 is 24.5 Å². The predicted octanol–water partition coefficient (Wildman–Crippen LogP) is 5.54. The molecule has 1 atom stereocenters. The highest BCUT2D eigenvalue weighted by Gasteiger charge is 2.29. The third-order valence-corrected chi connectivity index (χ3v) is 6.52. The van der Waals surface area contributed by atoms with Gasteiger partial charge in [-0.15, -0.1) is 11.3 Å². The normalized spacial score (nSPS) is 16.0. The Bertz CT molecular complexity index is 1130. The van der Waals surface area contributed by atoms with Crippen LogP contribution >= 0.6 is 35.2 Å². The first-order valence-corrected chi connectivity index (χ1v) is 10.8. The van der Waals surface area contributed by atoms with Gasteiger partial charge in [-0.3, -0.25) is 0 Å². The SMILES string of the molecule is CN1C(=O)OCC1Cc1ccc(Oc2ccc(Cc3sc(=S)[nH]c3O)c(Cl)c2)cc1. The molecule has 2 heterocycles. The molecule has 30 heavy (non-hydrogen) atoms. The maximum Gasteiger partial charge on any atom is 0.409 e. The lowest BCUT2D eigenvalue weighted by Gasteiger charge is -2.16. The number of aromatic hydroxyl groups is 1. The number of aromatic nitrogens is 1. The van der Waals surface area contributed by atoms with Gasteiger partial charge in [0.25, 0.3) is 0 Å². The number of ether oxygens (including phenoxy) is 2. The van der Waals surface area contributed by atoms with Crippen molar-refractivity contribution < 1.29 is 19.4 Å². The highest BCUT2D eigenvalue weighted by Crippen LogP contribution is 2.31. The molecule has 1 fully saturated rings. The number of carbonyl (C=O) groups excluding carboxylic acids is 1. The summed E-state index contributed by atoms with van der Waals surface area (Å²) < 4.78 is 11.5. The van der Waals surface area contributed by atoms with Crippen LogP contribution < -0.4 is 4.74 Å². The summed E-state index contributed by atoms with van der Waals surface area (Å²) in [6, 6.07) is 13.3. The van der Waals surface area contributed by atoms with Gasteiger partial charge in [0, 0.05) is 18.5 Å². The second kappa shape index (κ2) is 8.67. The minimum Gasteiger partial charge on any atom is -0.494 e. The van der Waals surface area contributed by atoms with Crippen LogP contribution in [0.1, 0.15) is 16.0 Å². The minimum absolute atomic E-state index is 0.0488. The number of carbonyl (C=O) groups is 1. The van der Waals surface area contributed by atoms with Crippen molar-refractivity contribution in [3.8, 4) is 17.4 Å². The lowest BCUT2D eigenvalue weighted by atomic mass is 10.1. The van der Waals surface area contributed by atoms with Crippen LogP contribution in [0.4, 0.5) is 4.79 Å². The molecule has 0 bridgehead atoms. The van der Waals surface area contributed by atoms with Gasteiger partial charge in [-0.05, 0) is 54.0 Å². The third-order valence-electron chi connectivity index (χ3n) is 4.94. The number of thiazole rings is 1. The quantitative estimate of drug-likeness (QED) is 0.470. The summed E-state index contributed by atoms with van der Waals surface area (Å²) in [5.74, 6) is 1.40. The molecule has 156 valence electrons. The van der Waals surface area contributed by atoms with E-state index in [2.05, 4.69) is 4.98 Å². The zero-order chi connectivity index (χ0) is 21.3. The van der Waals surface area contributed by atoms with E-state index < -0.39 is 0 Å². The number of hydrogen-bond acceptors (Lipinski definition) is 6. The molecular formula is C21H19ClN2O4S2. The molecule has 1 saturated heterocycles. The number of halogens is 1. The Hall–Kier alpha value is -2.55. The second-order valence-corrected chi connectivity index (χ2v) is 9.19. The summed E-state index contributed by atoms with van der Waals surface area (Å²) >= 11 is 12.8. The number of likely N-dealkylation sites (N-methyl/N-ethyl adjacent to an activating group) is 1. The molecule has 1 unspecified atom stereocenters. The van der Waals surface area contributed by atoms with E-state index in [1.54, 1.807) is 18.0 Å². The monoisotopic (exact) mass is 462 g/mol. The van der Waals surface area contributed by atoms with Crippen LogP contribution in [-0.4, -0.2) is 40.8 Å². The summed E-state index contributed by atoms with van der Waals surface area (Å²) in [6.07, 6.45) is 0.929. The van der Waals surface area contributed by atoms with Gasteiger partial charge in [0.1, 0.15) is 18.1 Å². The molecule has 1 amide bonds. The molecule has 2 N–H and O–H groups in total. The standard InChI is InChI=1S/C21H19ClN2O4S2/c1-24-14(11-27-21(24)26)8-12-2-5-15(6-3-12)28-16-7-4-13(17(22)10-16)9-18-19(25)23-20(29)30-18/h2-7,10,14,25H,8-9,11H2,1H3,(H,23,29). The largest absolute Gasteiger partial charge is 0.494 e. The van der Waals surface area contributed by atoms with Crippen LogP contribution in [0.5, 0.6) is 17.4 Å². The first-order valence-electron chi connectivity index (χ1n) is 9.25. The van der Waals surface area contributed by atoms with Crippen LogP contribution in [0.3, 0.4) is 0 Å². The Labute approximate surface area is 187 Å². The van der Waals surface area contributed by atoms with Crippen molar-refractivity contribution >= 4 is 41.2 Å². The summed E-state index contributed by atoms with van der Waals surface area (Å²) in [6.45, 7) is 0.410. The maximum absolute atomic E-state index is 11.5. The van der Waals surface area contributed by atoms with E-state index in [1.165, 1.54) is 11.3 Å². The Balaban J connectivity index is 1.40. The van der Waals surface area contributed by atoms with E-state index in [9.17, 15) is 9.90 Å². The van der Waals surface area contributed by atoms with Crippen LogP contribution in [0.15, 0.2) is 42.5 Å². The summed E-state index contributed by atoms with van der Waals surface area (Å²) in [4.78, 5) is 16.5. The fourth-order valence-corrected chi connectivity index (χ4v) is 4.59. The fraction of sp³-hybridized carbons (Fsp3) is 0.238. The van der Waals surface area contributed by atoms with E-state index in [1.807, 2.05) is 36.4 Å². The highest BCUT2D eigenvalue weighted by molar-refractivity contribution is 7.73. The number of amides is 1. The minimum atomic E-state index is -0.280. The Morgan fingerprint density at radius 1 is 1.30 bits per heavy atom.